The molecule has 0 fully saturated rings. The number of nitrogens with zero attached hydrogens (tertiary/aromatic N) is 1. The molecule has 0 aliphatic rings. The zero-order chi connectivity index (χ0) is 13.8. The molecule has 0 spiro atoms. The number of rotatable bonds is 3. The Morgan fingerprint density at radius 3 is 2.84 bits per heavy atom. The van der Waals surface area contributed by atoms with E-state index in [-0.39, 0.29) is 5.91 Å². The van der Waals surface area contributed by atoms with Crippen molar-refractivity contribution in [2.24, 2.45) is 0 Å². The third kappa shape index (κ3) is 3.08. The third-order valence-corrected chi connectivity index (χ3v) is 3.16. The minimum Gasteiger partial charge on any atom is -0.386 e. The van der Waals surface area contributed by atoms with Gasteiger partial charge in [-0.15, -0.1) is 0 Å². The number of aromatic nitrogens is 1. The Kier molecular flexibility index (Phi) is 4.11. The molecule has 0 atom stereocenters. The molecular weight excluding hydrogens is 313 g/mol. The van der Waals surface area contributed by atoms with Gasteiger partial charge in [-0.25, -0.2) is 4.39 Å². The van der Waals surface area contributed by atoms with Crippen LogP contribution in [0.2, 0.25) is 0 Å². The first-order valence-electron chi connectivity index (χ1n) is 5.50. The third-order valence-electron chi connectivity index (χ3n) is 2.51. The lowest BCUT2D eigenvalue weighted by Gasteiger charge is -2.09. The van der Waals surface area contributed by atoms with Crippen LogP contribution in [0.1, 0.15) is 10.4 Å². The number of pyridine rings is 1. The Hall–Kier alpha value is -1.95. The van der Waals surface area contributed by atoms with Gasteiger partial charge < -0.3 is 10.6 Å². The molecule has 1 heterocycles. The van der Waals surface area contributed by atoms with Crippen molar-refractivity contribution in [3.8, 4) is 0 Å². The average molecular weight is 324 g/mol. The smallest absolute Gasteiger partial charge is 0.257 e. The van der Waals surface area contributed by atoms with E-state index in [1.54, 1.807) is 25.4 Å². The van der Waals surface area contributed by atoms with Gasteiger partial charge in [0.2, 0.25) is 0 Å². The molecule has 0 saturated carbocycles. The number of amides is 1. The minimum atomic E-state index is -0.429. The van der Waals surface area contributed by atoms with E-state index in [2.05, 4.69) is 31.5 Å². The van der Waals surface area contributed by atoms with Crippen LogP contribution < -0.4 is 10.6 Å². The molecule has 0 saturated heterocycles. The fourth-order valence-electron chi connectivity index (χ4n) is 1.56. The van der Waals surface area contributed by atoms with Crippen molar-refractivity contribution in [1.82, 2.24) is 4.98 Å². The molecule has 0 aliphatic heterocycles. The molecule has 1 amide bonds. The van der Waals surface area contributed by atoms with Gasteiger partial charge in [0.25, 0.3) is 5.91 Å². The largest absolute Gasteiger partial charge is 0.386 e. The summed E-state index contributed by atoms with van der Waals surface area (Å²) < 4.78 is 13.7. The number of halogens is 2. The molecule has 0 unspecified atom stereocenters. The van der Waals surface area contributed by atoms with E-state index in [0.717, 1.165) is 0 Å². The van der Waals surface area contributed by atoms with Gasteiger partial charge in [-0.3, -0.25) is 9.78 Å². The van der Waals surface area contributed by atoms with E-state index in [1.165, 1.54) is 18.3 Å². The molecule has 2 aromatic rings. The van der Waals surface area contributed by atoms with E-state index < -0.39 is 5.82 Å². The Bertz CT molecular complexity index is 619. The Morgan fingerprint density at radius 2 is 2.16 bits per heavy atom. The highest BCUT2D eigenvalue weighted by Crippen LogP contribution is 2.21. The normalized spacial score (nSPS) is 10.1. The van der Waals surface area contributed by atoms with Crippen molar-refractivity contribution in [2.75, 3.05) is 17.7 Å². The van der Waals surface area contributed by atoms with Crippen LogP contribution in [-0.4, -0.2) is 17.9 Å². The summed E-state index contributed by atoms with van der Waals surface area (Å²) >= 11 is 3.06. The summed E-state index contributed by atoms with van der Waals surface area (Å²) in [7, 11) is 1.70. The summed E-state index contributed by atoms with van der Waals surface area (Å²) in [4.78, 5) is 16.0. The molecule has 0 radical (unpaired) electrons. The summed E-state index contributed by atoms with van der Waals surface area (Å²) in [5, 5.41) is 5.51. The van der Waals surface area contributed by atoms with Crippen LogP contribution in [0.25, 0.3) is 0 Å². The van der Waals surface area contributed by atoms with E-state index >= 15 is 0 Å². The summed E-state index contributed by atoms with van der Waals surface area (Å²) in [6.45, 7) is 0. The Labute approximate surface area is 118 Å². The molecule has 19 heavy (non-hydrogen) atoms. The SMILES string of the molecule is CNc1cnccc1C(=O)Nc1ccc(Br)c(F)c1. The van der Waals surface area contributed by atoms with Crippen LogP contribution >= 0.6 is 15.9 Å². The van der Waals surface area contributed by atoms with Gasteiger partial charge >= 0.3 is 0 Å². The monoisotopic (exact) mass is 323 g/mol. The first-order valence-corrected chi connectivity index (χ1v) is 6.29. The van der Waals surface area contributed by atoms with E-state index in [9.17, 15) is 9.18 Å². The zero-order valence-electron chi connectivity index (χ0n) is 10.1. The second-order valence-electron chi connectivity index (χ2n) is 3.75. The van der Waals surface area contributed by atoms with Crippen LogP contribution in [0.3, 0.4) is 0 Å². The number of benzene rings is 1. The molecule has 2 N–H and O–H groups in total. The molecule has 4 nitrogen and oxygen atoms in total. The van der Waals surface area contributed by atoms with Crippen LogP contribution in [0.5, 0.6) is 0 Å². The van der Waals surface area contributed by atoms with Gasteiger partial charge in [-0.05, 0) is 40.2 Å². The highest BCUT2D eigenvalue weighted by atomic mass is 79.9. The van der Waals surface area contributed by atoms with E-state index in [0.29, 0.717) is 21.4 Å². The first kappa shape index (κ1) is 13.5. The lowest BCUT2D eigenvalue weighted by molar-refractivity contribution is 0.102. The average Bonchev–Trinajstić information content (AvgIpc) is 2.43. The van der Waals surface area contributed by atoms with Crippen molar-refractivity contribution < 1.29 is 9.18 Å². The van der Waals surface area contributed by atoms with Crippen molar-refractivity contribution in [1.29, 1.82) is 0 Å². The highest BCUT2D eigenvalue weighted by Gasteiger charge is 2.11. The standard InChI is InChI=1S/C13H11BrFN3O/c1-16-12-7-17-5-4-9(12)13(19)18-8-2-3-10(14)11(15)6-8/h2-7,16H,1H3,(H,18,19). The number of carbonyl (C=O) groups excluding carboxylic acids is 1. The summed E-state index contributed by atoms with van der Waals surface area (Å²) in [5.74, 6) is -0.755. The van der Waals surface area contributed by atoms with Gasteiger partial charge in [-0.1, -0.05) is 0 Å². The van der Waals surface area contributed by atoms with Crippen molar-refractivity contribution >= 4 is 33.2 Å². The lowest BCUT2D eigenvalue weighted by Crippen LogP contribution is -2.14. The number of hydrogen-bond acceptors (Lipinski definition) is 3. The summed E-state index contributed by atoms with van der Waals surface area (Å²) in [6.07, 6.45) is 3.08. The van der Waals surface area contributed by atoms with Gasteiger partial charge in [-0.2, -0.15) is 0 Å². The highest BCUT2D eigenvalue weighted by molar-refractivity contribution is 9.10. The van der Waals surface area contributed by atoms with Crippen molar-refractivity contribution in [2.45, 2.75) is 0 Å². The molecule has 6 heteroatoms. The second-order valence-corrected chi connectivity index (χ2v) is 4.61. The molecule has 1 aromatic heterocycles. The van der Waals surface area contributed by atoms with Crippen molar-refractivity contribution in [3.05, 3.63) is 52.5 Å². The Balaban J connectivity index is 2.23. The topological polar surface area (TPSA) is 54.0 Å². The molecule has 2 rings (SSSR count). The molecule has 98 valence electrons. The number of hydrogen-bond donors (Lipinski definition) is 2. The predicted octanol–water partition coefficient (Wildman–Crippen LogP) is 3.28. The van der Waals surface area contributed by atoms with Gasteiger partial charge in [0, 0.05) is 18.9 Å². The Morgan fingerprint density at radius 1 is 1.37 bits per heavy atom. The minimum absolute atomic E-state index is 0.325. The summed E-state index contributed by atoms with van der Waals surface area (Å²) in [5.41, 5.74) is 1.45. The van der Waals surface area contributed by atoms with E-state index in [4.69, 9.17) is 0 Å². The van der Waals surface area contributed by atoms with E-state index in [1.807, 2.05) is 0 Å². The molecule has 0 bridgehead atoms. The maximum atomic E-state index is 13.4. The first-order chi connectivity index (χ1) is 9.11. The predicted molar refractivity (Wildman–Crippen MR) is 75.8 cm³/mol. The van der Waals surface area contributed by atoms with Crippen LogP contribution in [0.15, 0.2) is 41.1 Å². The van der Waals surface area contributed by atoms with Gasteiger partial charge in [0.1, 0.15) is 5.82 Å². The van der Waals surface area contributed by atoms with Crippen molar-refractivity contribution in [3.63, 3.8) is 0 Å². The van der Waals surface area contributed by atoms with Gasteiger partial charge in [0.05, 0.1) is 21.9 Å². The van der Waals surface area contributed by atoms with Gasteiger partial charge in [0.15, 0.2) is 0 Å². The lowest BCUT2D eigenvalue weighted by atomic mass is 10.2. The molecule has 0 aliphatic carbocycles. The number of nitrogens with one attached hydrogen (secondary N) is 2. The molecular formula is C13H11BrFN3O. The maximum absolute atomic E-state index is 13.4. The fourth-order valence-corrected chi connectivity index (χ4v) is 1.81. The van der Waals surface area contributed by atoms with Crippen LogP contribution in [0, 0.1) is 5.82 Å². The second kappa shape index (κ2) is 5.79. The number of carbonyl (C=O) groups is 1. The fraction of sp³-hybridized carbons (Fsp3) is 0.0769. The maximum Gasteiger partial charge on any atom is 0.257 e. The zero-order valence-corrected chi connectivity index (χ0v) is 11.7. The quantitative estimate of drug-likeness (QED) is 0.911. The summed E-state index contributed by atoms with van der Waals surface area (Å²) in [6, 6.07) is 6.00. The van der Waals surface area contributed by atoms with Crippen LogP contribution in [-0.2, 0) is 0 Å². The number of anilines is 2. The van der Waals surface area contributed by atoms with Crippen LogP contribution in [0.4, 0.5) is 15.8 Å². The molecule has 1 aromatic carbocycles.